The number of aromatic nitrogens is 4. The summed E-state index contributed by atoms with van der Waals surface area (Å²) in [6, 6.07) is 38.3. The molecule has 2 aromatic heterocycles. The summed E-state index contributed by atoms with van der Waals surface area (Å²) in [5.41, 5.74) is 6.00. The van der Waals surface area contributed by atoms with Gasteiger partial charge >= 0.3 is 26.2 Å². The van der Waals surface area contributed by atoms with Crippen LogP contribution >= 0.6 is 0 Å². The molecule has 0 aliphatic carbocycles. The van der Waals surface area contributed by atoms with Crippen molar-refractivity contribution in [2.24, 2.45) is 15.4 Å². The van der Waals surface area contributed by atoms with Crippen molar-refractivity contribution in [3.05, 3.63) is 155 Å². The van der Waals surface area contributed by atoms with Gasteiger partial charge in [0.25, 0.3) is 0 Å². The van der Waals surface area contributed by atoms with Crippen LogP contribution in [0.1, 0.15) is 75.2 Å². The fourth-order valence-corrected chi connectivity index (χ4v) is 5.50. The van der Waals surface area contributed by atoms with E-state index >= 15 is 0 Å². The SMILES string of the molecule is CC(C)[O-].CC(C)[O-].Cc1nn(-c2ccccc2)c([O-])c1C(=NCC(C)(C)CN=C(c1ccccc1)c1c(C)nn(-c2ccccc2)c1[O-])c1ccccc1.[Zr+4]. The fourth-order valence-electron chi connectivity index (χ4n) is 5.50. The molecule has 4 aromatic carbocycles. The molecule has 56 heavy (non-hydrogen) atoms. The van der Waals surface area contributed by atoms with Gasteiger partial charge in [0, 0.05) is 52.5 Å². The van der Waals surface area contributed by atoms with Crippen LogP contribution in [0.2, 0.25) is 0 Å². The van der Waals surface area contributed by atoms with E-state index < -0.39 is 17.6 Å². The van der Waals surface area contributed by atoms with Crippen molar-refractivity contribution >= 4 is 11.4 Å². The molecule has 0 spiro atoms. The van der Waals surface area contributed by atoms with E-state index in [9.17, 15) is 20.4 Å². The Balaban J connectivity index is 0.000000855. The van der Waals surface area contributed by atoms with Crippen molar-refractivity contribution in [1.29, 1.82) is 0 Å². The number of hydrogen-bond donors (Lipinski definition) is 0. The summed E-state index contributed by atoms with van der Waals surface area (Å²) in [6.45, 7) is 15.1. The van der Waals surface area contributed by atoms with Gasteiger partial charge in [-0.25, -0.2) is 9.36 Å². The first-order valence-corrected chi connectivity index (χ1v) is 18.4. The Hall–Kier alpha value is -4.96. The van der Waals surface area contributed by atoms with E-state index in [1.807, 2.05) is 135 Å². The fraction of sp³-hybridized carbons (Fsp3) is 0.289. The first kappa shape index (κ1) is 45.4. The van der Waals surface area contributed by atoms with Crippen LogP contribution in [-0.4, -0.2) is 56.3 Å². The maximum absolute atomic E-state index is 13.8. The maximum Gasteiger partial charge on any atom is 4.00 e. The van der Waals surface area contributed by atoms with Crippen LogP contribution in [0.3, 0.4) is 0 Å². The third-order valence-corrected chi connectivity index (χ3v) is 7.94. The third kappa shape index (κ3) is 12.5. The number of rotatable bonds is 10. The maximum atomic E-state index is 13.8. The predicted molar refractivity (Wildman–Crippen MR) is 213 cm³/mol. The summed E-state index contributed by atoms with van der Waals surface area (Å²) in [5, 5.41) is 55.8. The summed E-state index contributed by atoms with van der Waals surface area (Å²) in [5.74, 6) is -0.431. The van der Waals surface area contributed by atoms with Gasteiger partial charge in [-0.15, -0.1) is 12.2 Å². The van der Waals surface area contributed by atoms with Crippen molar-refractivity contribution in [3.63, 3.8) is 0 Å². The van der Waals surface area contributed by atoms with Crippen LogP contribution in [0, 0.1) is 19.3 Å². The molecule has 6 rings (SSSR count). The Morgan fingerprint density at radius 1 is 0.554 bits per heavy atom. The van der Waals surface area contributed by atoms with Crippen LogP contribution in [0.15, 0.2) is 131 Å². The first-order chi connectivity index (χ1) is 26.2. The molecule has 2 heterocycles. The van der Waals surface area contributed by atoms with E-state index in [0.29, 0.717) is 58.4 Å². The monoisotopic (exact) mass is 828 g/mol. The zero-order valence-electron chi connectivity index (χ0n) is 33.4. The molecule has 11 heteroatoms. The normalized spacial score (nSPS) is 11.7. The van der Waals surface area contributed by atoms with E-state index in [4.69, 9.17) is 9.98 Å². The average Bonchev–Trinajstić information content (AvgIpc) is 3.62. The second kappa shape index (κ2) is 21.4. The molecule has 0 fully saturated rings. The standard InChI is InChI=1S/C39H38N6O2.2C3H7O.Zr/c1-27-33(37(46)44(42-27)31-21-13-7-14-22-31)35(29-17-9-5-10-18-29)40-25-39(3,4)26-41-36(30-19-11-6-12-20-30)34-28(2)43-45(38(34)47)32-23-15-8-16-24-32;2*1-3(2)4;/h5-24,46-47H,25-26H2,1-4H3;2*3H,1-2H3;/q;2*-1;+4/p-2. The zero-order valence-corrected chi connectivity index (χ0v) is 35.9. The molecule has 0 radical (unpaired) electrons. The Labute approximate surface area is 350 Å². The van der Waals surface area contributed by atoms with Gasteiger partial charge in [-0.05, 0) is 38.1 Å². The van der Waals surface area contributed by atoms with Gasteiger partial charge in [-0.1, -0.05) is 139 Å². The Morgan fingerprint density at radius 2 is 0.821 bits per heavy atom. The summed E-state index contributed by atoms with van der Waals surface area (Å²) < 4.78 is 2.87. The molecule has 0 aliphatic rings. The predicted octanol–water partition coefficient (Wildman–Crippen LogP) is 5.73. The molecule has 0 bridgehead atoms. The number of para-hydroxylation sites is 2. The van der Waals surface area contributed by atoms with Crippen LogP contribution in [0.5, 0.6) is 11.8 Å². The van der Waals surface area contributed by atoms with Crippen molar-refractivity contribution in [3.8, 4) is 23.1 Å². The third-order valence-electron chi connectivity index (χ3n) is 7.94. The van der Waals surface area contributed by atoms with Gasteiger partial charge in [-0.3, -0.25) is 9.98 Å². The van der Waals surface area contributed by atoms with Crippen LogP contribution in [-0.2, 0) is 26.2 Å². The van der Waals surface area contributed by atoms with Gasteiger partial charge in [0.15, 0.2) is 0 Å². The number of hydrogen-bond acceptors (Lipinski definition) is 8. The zero-order chi connectivity index (χ0) is 40.1. The molecule has 0 saturated carbocycles. The molecule has 6 aromatic rings. The summed E-state index contributed by atoms with van der Waals surface area (Å²) in [6.07, 6.45) is -0.833. The Kier molecular flexibility index (Phi) is 17.3. The number of aryl methyl sites for hydroxylation is 2. The summed E-state index contributed by atoms with van der Waals surface area (Å²) in [7, 11) is 0. The molecule has 0 atom stereocenters. The summed E-state index contributed by atoms with van der Waals surface area (Å²) >= 11 is 0. The molecule has 0 aliphatic heterocycles. The van der Waals surface area contributed by atoms with Crippen LogP contribution < -0.4 is 20.4 Å². The van der Waals surface area contributed by atoms with E-state index in [0.717, 1.165) is 11.1 Å². The molecular formula is C45H50N6O4Zr. The first-order valence-electron chi connectivity index (χ1n) is 18.4. The van der Waals surface area contributed by atoms with Crippen molar-refractivity contribution in [1.82, 2.24) is 19.6 Å². The molecule has 0 amide bonds. The average molecular weight is 830 g/mol. The Bertz CT molecular complexity index is 1990. The minimum Gasteiger partial charge on any atom is -0.858 e. The Morgan fingerprint density at radius 3 is 1.11 bits per heavy atom. The van der Waals surface area contributed by atoms with Crippen LogP contribution in [0.25, 0.3) is 11.4 Å². The van der Waals surface area contributed by atoms with E-state index in [1.54, 1.807) is 27.7 Å². The second-order valence-electron chi connectivity index (χ2n) is 14.3. The van der Waals surface area contributed by atoms with Gasteiger partial charge in [-0.2, -0.15) is 10.2 Å². The van der Waals surface area contributed by atoms with Gasteiger partial charge in [0.1, 0.15) is 0 Å². The molecule has 0 unspecified atom stereocenters. The number of aliphatic imine (C=N–C) groups is 2. The molecule has 0 N–H and O–H groups in total. The van der Waals surface area contributed by atoms with Crippen molar-refractivity contribution in [2.75, 3.05) is 13.1 Å². The molecular weight excluding hydrogens is 780 g/mol. The minimum atomic E-state index is -0.432. The largest absolute Gasteiger partial charge is 4.00 e. The van der Waals surface area contributed by atoms with Crippen molar-refractivity contribution in [2.45, 2.75) is 67.6 Å². The molecule has 288 valence electrons. The minimum absolute atomic E-state index is 0. The second-order valence-corrected chi connectivity index (χ2v) is 14.3. The van der Waals surface area contributed by atoms with E-state index in [-0.39, 0.29) is 38.0 Å². The number of benzene rings is 4. The summed E-state index contributed by atoms with van der Waals surface area (Å²) in [4.78, 5) is 10.2. The smallest absolute Gasteiger partial charge is 0.858 e. The molecule has 10 nitrogen and oxygen atoms in total. The van der Waals surface area contributed by atoms with E-state index in [1.165, 1.54) is 9.36 Å². The van der Waals surface area contributed by atoms with Crippen LogP contribution in [0.4, 0.5) is 0 Å². The topological polar surface area (TPSA) is 153 Å². The quantitative estimate of drug-likeness (QED) is 0.161. The van der Waals surface area contributed by atoms with E-state index in [2.05, 4.69) is 24.0 Å². The van der Waals surface area contributed by atoms with Gasteiger partial charge in [0.05, 0.1) is 34.2 Å². The van der Waals surface area contributed by atoms with Gasteiger partial charge in [0.2, 0.25) is 0 Å². The van der Waals surface area contributed by atoms with Gasteiger partial charge < -0.3 is 20.4 Å². The number of nitrogens with zero attached hydrogens (tertiary/aromatic N) is 6. The van der Waals surface area contributed by atoms with Crippen molar-refractivity contribution < 1.29 is 46.6 Å². The molecule has 0 saturated heterocycles.